The van der Waals surface area contributed by atoms with E-state index < -0.39 is 11.8 Å². The molecule has 1 atom stereocenters. The summed E-state index contributed by atoms with van der Waals surface area (Å²) in [6.45, 7) is 1.53. The van der Waals surface area contributed by atoms with Crippen LogP contribution in [0.1, 0.15) is 28.8 Å². The number of hydrogen-bond donors (Lipinski definition) is 1. The summed E-state index contributed by atoms with van der Waals surface area (Å²) in [6, 6.07) is 14.0. The van der Waals surface area contributed by atoms with Crippen molar-refractivity contribution in [1.29, 1.82) is 5.26 Å². The second-order valence-corrected chi connectivity index (χ2v) is 8.39. The van der Waals surface area contributed by atoms with Crippen LogP contribution >= 0.6 is 0 Å². The number of nitrogens with zero attached hydrogens (tertiary/aromatic N) is 1. The molecule has 2 aromatic rings. The van der Waals surface area contributed by atoms with Crippen molar-refractivity contribution in [2.24, 2.45) is 11.8 Å². The third kappa shape index (κ3) is 4.91. The third-order valence-electron chi connectivity index (χ3n) is 5.86. The van der Waals surface area contributed by atoms with E-state index in [9.17, 15) is 19.6 Å². The number of anilines is 1. The SMILES string of the molecule is COc1ccccc1NC(=O)COc1ccc(C)cc1C(=O)C1=CC(C2CC2)C(=O)C(C#N)=C1. The molecule has 0 heterocycles. The summed E-state index contributed by atoms with van der Waals surface area (Å²) in [6.07, 6.45) is 4.84. The molecular weight excluding hydrogens is 432 g/mol. The van der Waals surface area contributed by atoms with Gasteiger partial charge in [0.15, 0.2) is 18.2 Å². The number of benzene rings is 2. The molecule has 7 heteroatoms. The zero-order valence-corrected chi connectivity index (χ0v) is 19.0. The van der Waals surface area contributed by atoms with Crippen LogP contribution in [-0.2, 0) is 9.59 Å². The maximum Gasteiger partial charge on any atom is 0.262 e. The fourth-order valence-electron chi connectivity index (χ4n) is 3.94. The van der Waals surface area contributed by atoms with Crippen LogP contribution in [0.2, 0.25) is 0 Å². The number of methoxy groups -OCH3 is 1. The standard InChI is InChI=1S/C27H24N2O5/c1-16-7-10-23(34-15-25(30)29-22-5-3-4-6-24(22)33-2)21(11-16)26(31)18-12-19(14-28)27(32)20(13-18)17-8-9-17/h3-7,10-13,17,20H,8-9,15H2,1-2H3,(H,29,30). The first-order valence-corrected chi connectivity index (χ1v) is 11.0. The van der Waals surface area contributed by atoms with E-state index in [2.05, 4.69) is 5.32 Å². The molecule has 2 aliphatic rings. The predicted molar refractivity (Wildman–Crippen MR) is 126 cm³/mol. The molecule has 1 fully saturated rings. The van der Waals surface area contributed by atoms with Gasteiger partial charge in [0.1, 0.15) is 17.6 Å². The monoisotopic (exact) mass is 456 g/mol. The normalized spacial score (nSPS) is 17.2. The van der Waals surface area contributed by atoms with E-state index in [1.54, 1.807) is 48.5 Å². The number of rotatable bonds is 8. The Morgan fingerprint density at radius 1 is 1.15 bits per heavy atom. The number of hydrogen-bond acceptors (Lipinski definition) is 6. The highest BCUT2D eigenvalue weighted by molar-refractivity contribution is 6.16. The minimum Gasteiger partial charge on any atom is -0.495 e. The molecule has 2 aromatic carbocycles. The average Bonchev–Trinajstić information content (AvgIpc) is 3.68. The predicted octanol–water partition coefficient (Wildman–Crippen LogP) is 4.19. The fraction of sp³-hybridized carbons (Fsp3) is 0.259. The van der Waals surface area contributed by atoms with E-state index in [-0.39, 0.29) is 41.0 Å². The van der Waals surface area contributed by atoms with E-state index in [0.29, 0.717) is 17.0 Å². The molecule has 0 aliphatic heterocycles. The Hall–Kier alpha value is -4.18. The van der Waals surface area contributed by atoms with Crippen LogP contribution in [0.25, 0.3) is 0 Å². The molecule has 7 nitrogen and oxygen atoms in total. The zero-order valence-electron chi connectivity index (χ0n) is 19.0. The van der Waals surface area contributed by atoms with E-state index in [1.165, 1.54) is 13.2 Å². The van der Waals surface area contributed by atoms with E-state index in [4.69, 9.17) is 9.47 Å². The van der Waals surface area contributed by atoms with Crippen LogP contribution in [0.15, 0.2) is 65.8 Å². The Balaban J connectivity index is 1.54. The van der Waals surface area contributed by atoms with Gasteiger partial charge in [-0.3, -0.25) is 14.4 Å². The van der Waals surface area contributed by atoms with Crippen LogP contribution in [0.3, 0.4) is 0 Å². The summed E-state index contributed by atoms with van der Waals surface area (Å²) in [4.78, 5) is 38.4. The summed E-state index contributed by atoms with van der Waals surface area (Å²) in [5, 5.41) is 12.1. The Morgan fingerprint density at radius 2 is 1.91 bits per heavy atom. The van der Waals surface area contributed by atoms with Gasteiger partial charge in [0.2, 0.25) is 0 Å². The largest absolute Gasteiger partial charge is 0.495 e. The second-order valence-electron chi connectivity index (χ2n) is 8.39. The summed E-state index contributed by atoms with van der Waals surface area (Å²) >= 11 is 0. The van der Waals surface area contributed by atoms with Crippen LogP contribution in [0, 0.1) is 30.1 Å². The number of carbonyl (C=O) groups is 3. The lowest BCUT2D eigenvalue weighted by Crippen LogP contribution is -2.23. The van der Waals surface area contributed by atoms with Crippen LogP contribution in [0.4, 0.5) is 5.69 Å². The van der Waals surface area contributed by atoms with Crippen molar-refractivity contribution in [2.45, 2.75) is 19.8 Å². The lowest BCUT2D eigenvalue weighted by Gasteiger charge is -2.18. The lowest BCUT2D eigenvalue weighted by atomic mass is 9.84. The van der Waals surface area contributed by atoms with Gasteiger partial charge in [-0.05, 0) is 56.0 Å². The molecule has 0 spiro atoms. The van der Waals surface area contributed by atoms with Crippen LogP contribution < -0.4 is 14.8 Å². The molecule has 0 bridgehead atoms. The molecule has 2 aliphatic carbocycles. The van der Waals surface area contributed by atoms with Gasteiger partial charge in [0.25, 0.3) is 5.91 Å². The minimum absolute atomic E-state index is 0.00550. The van der Waals surface area contributed by atoms with E-state index in [0.717, 1.165) is 18.4 Å². The highest BCUT2D eigenvalue weighted by atomic mass is 16.5. The number of allylic oxidation sites excluding steroid dienone is 4. The highest BCUT2D eigenvalue weighted by Gasteiger charge is 2.39. The molecule has 0 saturated heterocycles. The van der Waals surface area contributed by atoms with Crippen molar-refractivity contribution in [3.05, 3.63) is 76.9 Å². The first kappa shape index (κ1) is 23.0. The van der Waals surface area contributed by atoms with Crippen molar-refractivity contribution in [2.75, 3.05) is 19.0 Å². The number of aryl methyl sites for hydroxylation is 1. The molecule has 1 amide bonds. The summed E-state index contributed by atoms with van der Waals surface area (Å²) in [7, 11) is 1.51. The number of para-hydroxylation sites is 2. The average molecular weight is 456 g/mol. The molecule has 172 valence electrons. The Labute approximate surface area is 197 Å². The topological polar surface area (TPSA) is 105 Å². The van der Waals surface area contributed by atoms with Gasteiger partial charge in [-0.2, -0.15) is 5.26 Å². The molecule has 34 heavy (non-hydrogen) atoms. The van der Waals surface area contributed by atoms with Gasteiger partial charge in [0, 0.05) is 11.5 Å². The molecule has 0 radical (unpaired) electrons. The van der Waals surface area contributed by atoms with Gasteiger partial charge in [-0.1, -0.05) is 29.8 Å². The molecule has 1 unspecified atom stereocenters. The minimum atomic E-state index is -0.445. The van der Waals surface area contributed by atoms with E-state index in [1.807, 2.05) is 13.0 Å². The molecule has 4 rings (SSSR count). The van der Waals surface area contributed by atoms with E-state index >= 15 is 0 Å². The van der Waals surface area contributed by atoms with Gasteiger partial charge in [0.05, 0.1) is 23.9 Å². The van der Waals surface area contributed by atoms with Gasteiger partial charge in [-0.25, -0.2) is 0 Å². The van der Waals surface area contributed by atoms with Crippen molar-refractivity contribution >= 4 is 23.2 Å². The zero-order chi connectivity index (χ0) is 24.2. The fourth-order valence-corrected chi connectivity index (χ4v) is 3.94. The number of carbonyl (C=O) groups excluding carboxylic acids is 3. The molecule has 0 aromatic heterocycles. The van der Waals surface area contributed by atoms with Gasteiger partial charge >= 0.3 is 0 Å². The first-order chi connectivity index (χ1) is 16.4. The Kier molecular flexibility index (Phi) is 6.60. The van der Waals surface area contributed by atoms with Crippen LogP contribution in [-0.4, -0.2) is 31.2 Å². The molecule has 1 N–H and O–H groups in total. The van der Waals surface area contributed by atoms with Crippen molar-refractivity contribution < 1.29 is 23.9 Å². The summed E-state index contributed by atoms with van der Waals surface area (Å²) in [5.74, 6) is -0.486. The van der Waals surface area contributed by atoms with Crippen molar-refractivity contribution in [3.8, 4) is 17.6 Å². The Morgan fingerprint density at radius 3 is 2.62 bits per heavy atom. The number of amides is 1. The number of Topliss-reactive ketones (excluding diaryl/α,β-unsaturated/α-hetero) is 2. The summed E-state index contributed by atoms with van der Waals surface area (Å²) in [5.41, 5.74) is 1.91. The van der Waals surface area contributed by atoms with Crippen molar-refractivity contribution in [3.63, 3.8) is 0 Å². The number of ether oxygens (including phenoxy) is 2. The van der Waals surface area contributed by atoms with Crippen LogP contribution in [0.5, 0.6) is 11.5 Å². The third-order valence-corrected chi connectivity index (χ3v) is 5.86. The lowest BCUT2D eigenvalue weighted by molar-refractivity contribution is -0.118. The van der Waals surface area contributed by atoms with Gasteiger partial charge < -0.3 is 14.8 Å². The Bertz CT molecular complexity index is 1260. The second kappa shape index (κ2) is 9.75. The molecule has 1 saturated carbocycles. The number of nitrogens with one attached hydrogen (secondary N) is 1. The maximum atomic E-state index is 13.4. The molecular formula is C27H24N2O5. The quantitative estimate of drug-likeness (QED) is 0.597. The maximum absolute atomic E-state index is 13.4. The summed E-state index contributed by atoms with van der Waals surface area (Å²) < 4.78 is 11.0. The smallest absolute Gasteiger partial charge is 0.262 e. The number of ketones is 2. The highest BCUT2D eigenvalue weighted by Crippen LogP contribution is 2.41. The first-order valence-electron chi connectivity index (χ1n) is 11.0. The number of nitriles is 1. The van der Waals surface area contributed by atoms with Gasteiger partial charge in [-0.15, -0.1) is 0 Å². The van der Waals surface area contributed by atoms with Crippen molar-refractivity contribution in [1.82, 2.24) is 0 Å².